The third-order valence-corrected chi connectivity index (χ3v) is 5.62. The first-order chi connectivity index (χ1) is 12.5. The van der Waals surface area contributed by atoms with Gasteiger partial charge in [0.05, 0.1) is 16.0 Å². The Bertz CT molecular complexity index is 1010. The molecule has 0 radical (unpaired) electrons. The van der Waals surface area contributed by atoms with E-state index in [0.717, 1.165) is 17.6 Å². The number of hydrogen-bond acceptors (Lipinski definition) is 7. The van der Waals surface area contributed by atoms with Gasteiger partial charge in [-0.1, -0.05) is 6.07 Å². The van der Waals surface area contributed by atoms with Crippen molar-refractivity contribution in [3.8, 4) is 0 Å². The summed E-state index contributed by atoms with van der Waals surface area (Å²) in [5.41, 5.74) is 5.93. The zero-order valence-corrected chi connectivity index (χ0v) is 16.4. The molecule has 0 aliphatic carbocycles. The molecule has 1 aromatic carbocycles. The van der Waals surface area contributed by atoms with Gasteiger partial charge in [-0.2, -0.15) is 0 Å². The Kier molecular flexibility index (Phi) is 6.01. The number of sulfone groups is 1. The average molecular weight is 410 g/mol. The lowest BCUT2D eigenvalue weighted by atomic mass is 10.1. The van der Waals surface area contributed by atoms with Gasteiger partial charge in [0, 0.05) is 6.26 Å². The molecule has 0 aliphatic heterocycles. The van der Waals surface area contributed by atoms with Crippen molar-refractivity contribution in [1.82, 2.24) is 0 Å². The van der Waals surface area contributed by atoms with Crippen LogP contribution in [0.5, 0.6) is 0 Å². The molecule has 27 heavy (non-hydrogen) atoms. The summed E-state index contributed by atoms with van der Waals surface area (Å²) in [7, 11) is -3.50. The quantitative estimate of drug-likeness (QED) is 0.697. The SMILES string of the molecule is Cc1ccc(S(C)(=O)=O)cc1C(=O)O[C@H](C)C(=O)Nc1sccc1C(N)=O. The molecule has 3 N–H and O–H groups in total. The monoisotopic (exact) mass is 410 g/mol. The predicted molar refractivity (Wildman–Crippen MR) is 101 cm³/mol. The van der Waals surface area contributed by atoms with Gasteiger partial charge in [-0.15, -0.1) is 11.3 Å². The number of anilines is 1. The molecule has 2 amide bonds. The first-order valence-electron chi connectivity index (χ1n) is 7.70. The minimum Gasteiger partial charge on any atom is -0.449 e. The standard InChI is InChI=1S/C17H18N2O6S2/c1-9-4-5-11(27(3,23)24)8-13(9)17(22)25-10(2)15(21)19-16-12(14(18)20)6-7-26-16/h4-8,10H,1-3H3,(H2,18,20)(H,19,21)/t10-/m1/s1. The number of thiophene rings is 1. The molecular formula is C17H18N2O6S2. The first kappa shape index (κ1) is 20.6. The van der Waals surface area contributed by atoms with E-state index in [1.807, 2.05) is 0 Å². The van der Waals surface area contributed by atoms with Crippen LogP contribution < -0.4 is 11.1 Å². The Morgan fingerprint density at radius 1 is 1.19 bits per heavy atom. The summed E-state index contributed by atoms with van der Waals surface area (Å²) in [6, 6.07) is 5.56. The fraction of sp³-hybridized carbons (Fsp3) is 0.235. The van der Waals surface area contributed by atoms with Crippen LogP contribution in [0.15, 0.2) is 34.5 Å². The van der Waals surface area contributed by atoms with Crippen LogP contribution in [0, 0.1) is 6.92 Å². The van der Waals surface area contributed by atoms with Crippen LogP contribution in [0.25, 0.3) is 0 Å². The van der Waals surface area contributed by atoms with E-state index in [-0.39, 0.29) is 21.0 Å². The molecule has 0 saturated heterocycles. The van der Waals surface area contributed by atoms with E-state index >= 15 is 0 Å². The van der Waals surface area contributed by atoms with E-state index in [1.54, 1.807) is 12.3 Å². The molecule has 0 saturated carbocycles. The van der Waals surface area contributed by atoms with Crippen molar-refractivity contribution in [3.05, 3.63) is 46.3 Å². The summed E-state index contributed by atoms with van der Waals surface area (Å²) in [5.74, 6) is -2.17. The highest BCUT2D eigenvalue weighted by molar-refractivity contribution is 7.90. The smallest absolute Gasteiger partial charge is 0.339 e. The van der Waals surface area contributed by atoms with E-state index < -0.39 is 33.7 Å². The number of nitrogens with one attached hydrogen (secondary N) is 1. The number of benzene rings is 1. The van der Waals surface area contributed by atoms with Gasteiger partial charge in [0.2, 0.25) is 0 Å². The van der Waals surface area contributed by atoms with Crippen LogP contribution in [0.1, 0.15) is 33.2 Å². The number of primary amides is 1. The second-order valence-electron chi connectivity index (χ2n) is 5.81. The van der Waals surface area contributed by atoms with Crippen molar-refractivity contribution in [2.45, 2.75) is 24.8 Å². The van der Waals surface area contributed by atoms with Crippen molar-refractivity contribution in [2.24, 2.45) is 5.73 Å². The van der Waals surface area contributed by atoms with E-state index in [4.69, 9.17) is 10.5 Å². The number of amides is 2. The Labute approximate surface area is 160 Å². The van der Waals surface area contributed by atoms with Crippen molar-refractivity contribution < 1.29 is 27.5 Å². The van der Waals surface area contributed by atoms with E-state index in [1.165, 1.54) is 31.2 Å². The van der Waals surface area contributed by atoms with Gasteiger partial charge in [0.1, 0.15) is 5.00 Å². The molecule has 1 aromatic heterocycles. The number of carbonyl (C=O) groups excluding carboxylic acids is 3. The normalized spacial score (nSPS) is 12.3. The minimum atomic E-state index is -3.50. The molecule has 0 bridgehead atoms. The maximum absolute atomic E-state index is 12.4. The summed E-state index contributed by atoms with van der Waals surface area (Å²) < 4.78 is 28.5. The predicted octanol–water partition coefficient (Wildman–Crippen LogP) is 1.74. The summed E-state index contributed by atoms with van der Waals surface area (Å²) in [6.07, 6.45) is -0.151. The number of rotatable bonds is 6. The lowest BCUT2D eigenvalue weighted by molar-refractivity contribution is -0.123. The van der Waals surface area contributed by atoms with Gasteiger partial charge in [-0.25, -0.2) is 13.2 Å². The highest BCUT2D eigenvalue weighted by Crippen LogP contribution is 2.23. The molecule has 0 fully saturated rings. The molecule has 144 valence electrons. The van der Waals surface area contributed by atoms with E-state index in [2.05, 4.69) is 5.32 Å². The molecule has 2 rings (SSSR count). The number of hydrogen-bond donors (Lipinski definition) is 2. The van der Waals surface area contributed by atoms with Gasteiger partial charge in [0.15, 0.2) is 15.9 Å². The maximum atomic E-state index is 12.4. The number of carbonyl (C=O) groups is 3. The fourth-order valence-electron chi connectivity index (χ4n) is 2.14. The highest BCUT2D eigenvalue weighted by atomic mass is 32.2. The van der Waals surface area contributed by atoms with Gasteiger partial charge in [-0.3, -0.25) is 9.59 Å². The van der Waals surface area contributed by atoms with Crippen LogP contribution in [0.2, 0.25) is 0 Å². The minimum absolute atomic E-state index is 0.0261. The highest BCUT2D eigenvalue weighted by Gasteiger charge is 2.23. The third kappa shape index (κ3) is 4.92. The number of esters is 1. The summed E-state index contributed by atoms with van der Waals surface area (Å²) in [5, 5.41) is 4.33. The van der Waals surface area contributed by atoms with Gasteiger partial charge < -0.3 is 15.8 Å². The van der Waals surface area contributed by atoms with Crippen molar-refractivity contribution in [1.29, 1.82) is 0 Å². The number of aryl methyl sites for hydroxylation is 1. The lowest BCUT2D eigenvalue weighted by Crippen LogP contribution is -2.30. The van der Waals surface area contributed by atoms with E-state index in [0.29, 0.717) is 5.56 Å². The molecule has 1 atom stereocenters. The van der Waals surface area contributed by atoms with Crippen LogP contribution in [0.4, 0.5) is 5.00 Å². The Morgan fingerprint density at radius 3 is 2.44 bits per heavy atom. The second kappa shape index (κ2) is 7.89. The lowest BCUT2D eigenvalue weighted by Gasteiger charge is -2.14. The van der Waals surface area contributed by atoms with Gasteiger partial charge in [0.25, 0.3) is 11.8 Å². The third-order valence-electron chi connectivity index (χ3n) is 3.68. The summed E-state index contributed by atoms with van der Waals surface area (Å²) >= 11 is 1.11. The van der Waals surface area contributed by atoms with Gasteiger partial charge in [-0.05, 0) is 43.0 Å². The van der Waals surface area contributed by atoms with Crippen molar-refractivity contribution in [2.75, 3.05) is 11.6 Å². The van der Waals surface area contributed by atoms with Crippen molar-refractivity contribution >= 4 is 44.0 Å². The van der Waals surface area contributed by atoms with Crippen molar-refractivity contribution in [3.63, 3.8) is 0 Å². The molecule has 0 unspecified atom stereocenters. The molecule has 2 aromatic rings. The molecule has 0 aliphatic rings. The maximum Gasteiger partial charge on any atom is 0.339 e. The van der Waals surface area contributed by atoms with Gasteiger partial charge >= 0.3 is 5.97 Å². The summed E-state index contributed by atoms with van der Waals surface area (Å²) in [6.45, 7) is 2.98. The van der Waals surface area contributed by atoms with Crippen LogP contribution in [0.3, 0.4) is 0 Å². The number of nitrogens with two attached hydrogens (primary N) is 1. The second-order valence-corrected chi connectivity index (χ2v) is 8.75. The van der Waals surface area contributed by atoms with Crippen LogP contribution in [-0.4, -0.2) is 38.6 Å². The van der Waals surface area contributed by atoms with Crippen LogP contribution >= 0.6 is 11.3 Å². The van der Waals surface area contributed by atoms with Crippen LogP contribution in [-0.2, 0) is 19.4 Å². The molecule has 8 nitrogen and oxygen atoms in total. The summed E-state index contributed by atoms with van der Waals surface area (Å²) in [4.78, 5) is 35.9. The van der Waals surface area contributed by atoms with E-state index in [9.17, 15) is 22.8 Å². The topological polar surface area (TPSA) is 133 Å². The molecule has 10 heteroatoms. The molecular weight excluding hydrogens is 392 g/mol. The fourth-order valence-corrected chi connectivity index (χ4v) is 3.59. The Morgan fingerprint density at radius 2 is 1.85 bits per heavy atom. The molecule has 0 spiro atoms. The Hall–Kier alpha value is -2.72. The number of ether oxygens (including phenoxy) is 1. The molecule has 1 heterocycles. The zero-order chi connectivity index (χ0) is 20.4. The zero-order valence-electron chi connectivity index (χ0n) is 14.8. The first-order valence-corrected chi connectivity index (χ1v) is 10.5. The largest absolute Gasteiger partial charge is 0.449 e. The Balaban J connectivity index is 2.14. The average Bonchev–Trinajstić information content (AvgIpc) is 3.02.